The van der Waals surface area contributed by atoms with Gasteiger partial charge in [-0.1, -0.05) is 24.3 Å². The largest absolute Gasteiger partial charge is 0.348 e. The first-order valence-electron chi connectivity index (χ1n) is 8.57. The number of nitrogens with zero attached hydrogens (tertiary/aromatic N) is 2. The van der Waals surface area contributed by atoms with E-state index < -0.39 is 0 Å². The van der Waals surface area contributed by atoms with Gasteiger partial charge in [0.25, 0.3) is 5.91 Å². The number of carbonyl (C=O) groups is 1. The SMILES string of the molecule is O=C(Nc1ccc(-c2csc(N3CCCC3)n2)cc1)c1ccccc1Br. The van der Waals surface area contributed by atoms with Crippen molar-refractivity contribution in [3.63, 3.8) is 0 Å². The lowest BCUT2D eigenvalue weighted by molar-refractivity contribution is 0.102. The molecule has 1 saturated heterocycles. The Hall–Kier alpha value is -2.18. The molecule has 0 bridgehead atoms. The zero-order chi connectivity index (χ0) is 17.9. The second kappa shape index (κ2) is 7.60. The summed E-state index contributed by atoms with van der Waals surface area (Å²) in [6, 6.07) is 15.2. The van der Waals surface area contributed by atoms with E-state index in [-0.39, 0.29) is 5.91 Å². The molecule has 1 fully saturated rings. The monoisotopic (exact) mass is 427 g/mol. The Morgan fingerprint density at radius 1 is 1.08 bits per heavy atom. The van der Waals surface area contributed by atoms with Gasteiger partial charge in [0.05, 0.1) is 11.3 Å². The van der Waals surface area contributed by atoms with Gasteiger partial charge >= 0.3 is 0 Å². The molecule has 0 aliphatic carbocycles. The van der Waals surface area contributed by atoms with Crippen LogP contribution < -0.4 is 10.2 Å². The van der Waals surface area contributed by atoms with Crippen molar-refractivity contribution in [1.82, 2.24) is 4.98 Å². The molecule has 0 atom stereocenters. The highest BCUT2D eigenvalue weighted by atomic mass is 79.9. The third-order valence-corrected chi connectivity index (χ3v) is 6.02. The summed E-state index contributed by atoms with van der Waals surface area (Å²) >= 11 is 5.11. The van der Waals surface area contributed by atoms with Crippen molar-refractivity contribution < 1.29 is 4.79 Å². The Kier molecular flexibility index (Phi) is 5.04. The topological polar surface area (TPSA) is 45.2 Å². The fraction of sp³-hybridized carbons (Fsp3) is 0.200. The van der Waals surface area contributed by atoms with E-state index >= 15 is 0 Å². The van der Waals surface area contributed by atoms with Gasteiger partial charge in [-0.15, -0.1) is 11.3 Å². The standard InChI is InChI=1S/C20H18BrN3OS/c21-17-6-2-1-5-16(17)19(25)22-15-9-7-14(8-10-15)18-13-26-20(23-18)24-11-3-4-12-24/h1-2,5-10,13H,3-4,11-12H2,(H,22,25). The van der Waals surface area contributed by atoms with Crippen molar-refractivity contribution in [2.24, 2.45) is 0 Å². The molecule has 132 valence electrons. The van der Waals surface area contributed by atoms with Crippen LogP contribution in [0.5, 0.6) is 0 Å². The second-order valence-electron chi connectivity index (χ2n) is 6.22. The second-order valence-corrected chi connectivity index (χ2v) is 7.91. The molecule has 0 radical (unpaired) electrons. The van der Waals surface area contributed by atoms with Crippen LogP contribution in [0.4, 0.5) is 10.8 Å². The Bertz CT molecular complexity index is 917. The molecule has 4 nitrogen and oxygen atoms in total. The highest BCUT2D eigenvalue weighted by Gasteiger charge is 2.16. The molecule has 0 saturated carbocycles. The molecule has 1 aliphatic rings. The van der Waals surface area contributed by atoms with Gasteiger partial charge in [-0.2, -0.15) is 0 Å². The molecule has 1 aliphatic heterocycles. The van der Waals surface area contributed by atoms with E-state index in [0.717, 1.165) is 39.6 Å². The normalized spacial score (nSPS) is 13.8. The van der Waals surface area contributed by atoms with Gasteiger partial charge in [-0.05, 0) is 53.0 Å². The Morgan fingerprint density at radius 3 is 2.54 bits per heavy atom. The molecule has 1 amide bonds. The third kappa shape index (κ3) is 3.66. The molecule has 0 unspecified atom stereocenters. The highest BCUT2D eigenvalue weighted by molar-refractivity contribution is 9.10. The molecular formula is C20H18BrN3OS. The maximum absolute atomic E-state index is 12.4. The zero-order valence-corrected chi connectivity index (χ0v) is 16.5. The number of anilines is 2. The highest BCUT2D eigenvalue weighted by Crippen LogP contribution is 2.30. The predicted octanol–water partition coefficient (Wildman–Crippen LogP) is 5.43. The molecule has 1 N–H and O–H groups in total. The van der Waals surface area contributed by atoms with Gasteiger partial charge in [0, 0.05) is 34.2 Å². The van der Waals surface area contributed by atoms with Crippen molar-refractivity contribution in [1.29, 1.82) is 0 Å². The minimum absolute atomic E-state index is 0.129. The average molecular weight is 428 g/mol. The summed E-state index contributed by atoms with van der Waals surface area (Å²) in [6.45, 7) is 2.21. The summed E-state index contributed by atoms with van der Waals surface area (Å²) in [5.74, 6) is -0.129. The lowest BCUT2D eigenvalue weighted by Crippen LogP contribution is -2.17. The van der Waals surface area contributed by atoms with Crippen LogP contribution in [-0.2, 0) is 0 Å². The van der Waals surface area contributed by atoms with Crippen molar-refractivity contribution >= 4 is 44.0 Å². The minimum atomic E-state index is -0.129. The smallest absolute Gasteiger partial charge is 0.256 e. The van der Waals surface area contributed by atoms with E-state index in [1.54, 1.807) is 17.4 Å². The number of aromatic nitrogens is 1. The van der Waals surface area contributed by atoms with Crippen molar-refractivity contribution in [2.75, 3.05) is 23.3 Å². The Balaban J connectivity index is 1.47. The number of hydrogen-bond donors (Lipinski definition) is 1. The maximum atomic E-state index is 12.4. The van der Waals surface area contributed by atoms with Gasteiger partial charge in [-0.3, -0.25) is 4.79 Å². The number of thiazole rings is 1. The van der Waals surface area contributed by atoms with E-state index in [2.05, 4.69) is 31.5 Å². The van der Waals surface area contributed by atoms with Crippen molar-refractivity contribution in [3.8, 4) is 11.3 Å². The molecule has 1 aromatic heterocycles. The number of amides is 1. The molecular weight excluding hydrogens is 410 g/mol. The lowest BCUT2D eigenvalue weighted by Gasteiger charge is -2.12. The summed E-state index contributed by atoms with van der Waals surface area (Å²) in [5, 5.41) is 6.13. The van der Waals surface area contributed by atoms with Crippen LogP contribution in [-0.4, -0.2) is 24.0 Å². The van der Waals surface area contributed by atoms with Crippen LogP contribution in [0.1, 0.15) is 23.2 Å². The van der Waals surface area contributed by atoms with Crippen LogP contribution in [0.2, 0.25) is 0 Å². The molecule has 3 aromatic rings. The summed E-state index contributed by atoms with van der Waals surface area (Å²) in [5.41, 5.74) is 3.43. The van der Waals surface area contributed by atoms with Gasteiger partial charge in [0.15, 0.2) is 5.13 Å². The summed E-state index contributed by atoms with van der Waals surface area (Å²) in [7, 11) is 0. The summed E-state index contributed by atoms with van der Waals surface area (Å²) < 4.78 is 0.783. The number of nitrogens with one attached hydrogen (secondary N) is 1. The van der Waals surface area contributed by atoms with Crippen LogP contribution in [0.25, 0.3) is 11.3 Å². The van der Waals surface area contributed by atoms with Crippen LogP contribution >= 0.6 is 27.3 Å². The average Bonchev–Trinajstić information content (AvgIpc) is 3.34. The number of halogens is 1. The van der Waals surface area contributed by atoms with Crippen molar-refractivity contribution in [3.05, 3.63) is 63.9 Å². The van der Waals surface area contributed by atoms with E-state index in [4.69, 9.17) is 4.98 Å². The molecule has 4 rings (SSSR count). The first kappa shape index (κ1) is 17.2. The fourth-order valence-corrected chi connectivity index (χ4v) is 4.37. The van der Waals surface area contributed by atoms with Gasteiger partial charge < -0.3 is 10.2 Å². The minimum Gasteiger partial charge on any atom is -0.348 e. The van der Waals surface area contributed by atoms with E-state index in [1.165, 1.54) is 12.8 Å². The first-order chi connectivity index (χ1) is 12.7. The molecule has 26 heavy (non-hydrogen) atoms. The van der Waals surface area contributed by atoms with Crippen LogP contribution in [0.3, 0.4) is 0 Å². The number of rotatable bonds is 4. The van der Waals surface area contributed by atoms with Gasteiger partial charge in [-0.25, -0.2) is 4.98 Å². The predicted molar refractivity (Wildman–Crippen MR) is 111 cm³/mol. The molecule has 2 aromatic carbocycles. The van der Waals surface area contributed by atoms with Crippen LogP contribution in [0, 0.1) is 0 Å². The van der Waals surface area contributed by atoms with Gasteiger partial charge in [0.2, 0.25) is 0 Å². The number of benzene rings is 2. The lowest BCUT2D eigenvalue weighted by atomic mass is 10.1. The third-order valence-electron chi connectivity index (χ3n) is 4.43. The Morgan fingerprint density at radius 2 is 1.81 bits per heavy atom. The van der Waals surface area contributed by atoms with Crippen LogP contribution in [0.15, 0.2) is 58.4 Å². The van der Waals surface area contributed by atoms with E-state index in [1.807, 2.05) is 42.5 Å². The zero-order valence-electron chi connectivity index (χ0n) is 14.1. The summed E-state index contributed by atoms with van der Waals surface area (Å²) in [6.07, 6.45) is 2.50. The quantitative estimate of drug-likeness (QED) is 0.603. The summed E-state index contributed by atoms with van der Waals surface area (Å²) in [4.78, 5) is 19.5. The number of carbonyl (C=O) groups excluding carboxylic acids is 1. The first-order valence-corrected chi connectivity index (χ1v) is 10.2. The fourth-order valence-electron chi connectivity index (χ4n) is 3.02. The van der Waals surface area contributed by atoms with Gasteiger partial charge in [0.1, 0.15) is 0 Å². The van der Waals surface area contributed by atoms with E-state index in [9.17, 15) is 4.79 Å². The number of hydrogen-bond acceptors (Lipinski definition) is 4. The van der Waals surface area contributed by atoms with Crippen molar-refractivity contribution in [2.45, 2.75) is 12.8 Å². The maximum Gasteiger partial charge on any atom is 0.256 e. The molecule has 2 heterocycles. The van der Waals surface area contributed by atoms with E-state index in [0.29, 0.717) is 5.56 Å². The molecule has 0 spiro atoms. The molecule has 6 heteroatoms. The Labute approximate surface area is 165 Å².